The van der Waals surface area contributed by atoms with Crippen molar-refractivity contribution in [1.82, 2.24) is 41.1 Å². The summed E-state index contributed by atoms with van der Waals surface area (Å²) < 4.78 is 1.56. The number of rotatable bonds is 4. The Bertz CT molecular complexity index is 1410. The van der Waals surface area contributed by atoms with E-state index >= 15 is 0 Å². The zero-order chi connectivity index (χ0) is 30.2. The van der Waals surface area contributed by atoms with Gasteiger partial charge in [0.25, 0.3) is 11.8 Å². The molecule has 2 bridgehead atoms. The molecule has 42 heavy (non-hydrogen) atoms. The number of fused-ring (bicyclic) bond motifs is 2. The molecule has 2 aromatic carbocycles. The highest BCUT2D eigenvalue weighted by Crippen LogP contribution is 2.15. The standard InChI is InChI=1S/C29H36N8O5/c1-18-6-9-24-13-23(18)5-4-12-30-25(39)16-36(14-19(2)32-28(41)26(20(3)38)33-27(24)40)29(42)22-10-7-21(8-11-22)15-37-17-31-34-35-37/h6-11,13,17,19-20,26,38H,4-5,12,14-16H2,1-3H3,(H,30,39)(H,32,41)(H,33,40)/t19-,20-,26+/m1/s1. The van der Waals surface area contributed by atoms with Crippen LogP contribution in [-0.4, -0.2) is 91.7 Å². The second kappa shape index (κ2) is 13.8. The van der Waals surface area contributed by atoms with E-state index in [1.807, 2.05) is 13.0 Å². The fourth-order valence-corrected chi connectivity index (χ4v) is 4.75. The number of carbonyl (C=O) groups excluding carboxylic acids is 4. The average Bonchev–Trinajstić information content (AvgIpc) is 3.46. The SMILES string of the molecule is Cc1ccc2cc1CCCNC(=O)CN(C(=O)c1ccc(Cn3cnnn3)cc1)C[C@@H](C)NC(=O)[C@H]([C@@H](C)O)NC2=O. The average molecular weight is 577 g/mol. The molecule has 3 atom stereocenters. The van der Waals surface area contributed by atoms with Crippen molar-refractivity contribution in [2.75, 3.05) is 19.6 Å². The van der Waals surface area contributed by atoms with Crippen LogP contribution < -0.4 is 16.0 Å². The lowest BCUT2D eigenvalue weighted by Gasteiger charge is -2.28. The van der Waals surface area contributed by atoms with E-state index < -0.39 is 30.0 Å². The van der Waals surface area contributed by atoms with Gasteiger partial charge < -0.3 is 26.0 Å². The summed E-state index contributed by atoms with van der Waals surface area (Å²) in [5, 5.41) is 29.7. The van der Waals surface area contributed by atoms with Crippen LogP contribution in [0.2, 0.25) is 0 Å². The van der Waals surface area contributed by atoms with Crippen molar-refractivity contribution in [3.8, 4) is 0 Å². The van der Waals surface area contributed by atoms with Crippen molar-refractivity contribution in [3.63, 3.8) is 0 Å². The van der Waals surface area contributed by atoms with Gasteiger partial charge in [0.05, 0.1) is 19.2 Å². The number of hydrogen-bond donors (Lipinski definition) is 4. The Morgan fingerprint density at radius 1 is 1.12 bits per heavy atom. The third-order valence-corrected chi connectivity index (χ3v) is 7.05. The zero-order valence-electron chi connectivity index (χ0n) is 23.9. The molecule has 4 amide bonds. The first kappa shape index (κ1) is 30.3. The molecule has 4 rings (SSSR count). The quantitative estimate of drug-likeness (QED) is 0.342. The summed E-state index contributed by atoms with van der Waals surface area (Å²) in [6.45, 7) is 5.67. The topological polar surface area (TPSA) is 171 Å². The molecule has 13 heteroatoms. The van der Waals surface area contributed by atoms with Crippen LogP contribution in [0.1, 0.15) is 57.7 Å². The fraction of sp³-hybridized carbons (Fsp3) is 0.414. The molecule has 0 spiro atoms. The Hall–Kier alpha value is -4.65. The molecule has 1 aliphatic rings. The summed E-state index contributed by atoms with van der Waals surface area (Å²) in [5.41, 5.74) is 3.56. The van der Waals surface area contributed by atoms with Crippen molar-refractivity contribution >= 4 is 23.6 Å². The number of aliphatic hydroxyl groups excluding tert-OH is 1. The van der Waals surface area contributed by atoms with Crippen LogP contribution in [0.4, 0.5) is 0 Å². The number of tetrazole rings is 1. The molecule has 1 aliphatic heterocycles. The molecule has 4 N–H and O–H groups in total. The molecule has 3 aromatic rings. The number of carbonyl (C=O) groups is 4. The monoisotopic (exact) mass is 576 g/mol. The summed E-state index contributed by atoms with van der Waals surface area (Å²) in [4.78, 5) is 54.0. The molecular weight excluding hydrogens is 540 g/mol. The minimum Gasteiger partial charge on any atom is -0.391 e. The van der Waals surface area contributed by atoms with Crippen LogP contribution in [0.3, 0.4) is 0 Å². The van der Waals surface area contributed by atoms with Crippen LogP contribution in [0.25, 0.3) is 0 Å². The Morgan fingerprint density at radius 2 is 1.88 bits per heavy atom. The number of amides is 4. The van der Waals surface area contributed by atoms with Gasteiger partial charge in [-0.05, 0) is 85.0 Å². The van der Waals surface area contributed by atoms with Crippen molar-refractivity contribution < 1.29 is 24.3 Å². The largest absolute Gasteiger partial charge is 0.391 e. The Labute approximate surface area is 243 Å². The van der Waals surface area contributed by atoms with Crippen molar-refractivity contribution in [1.29, 1.82) is 0 Å². The molecule has 13 nitrogen and oxygen atoms in total. The Morgan fingerprint density at radius 3 is 2.57 bits per heavy atom. The number of aromatic nitrogens is 4. The van der Waals surface area contributed by atoms with Crippen LogP contribution in [0, 0.1) is 6.92 Å². The lowest BCUT2D eigenvalue weighted by Crippen LogP contribution is -2.56. The first-order chi connectivity index (χ1) is 20.1. The highest BCUT2D eigenvalue weighted by molar-refractivity contribution is 5.98. The van der Waals surface area contributed by atoms with Crippen LogP contribution in [0.5, 0.6) is 0 Å². The zero-order valence-corrected chi connectivity index (χ0v) is 23.9. The number of aliphatic hydroxyl groups is 1. The normalized spacial score (nSPS) is 19.7. The van der Waals surface area contributed by atoms with E-state index in [1.165, 1.54) is 18.2 Å². The van der Waals surface area contributed by atoms with Crippen LogP contribution >= 0.6 is 0 Å². The maximum atomic E-state index is 13.5. The lowest BCUT2D eigenvalue weighted by molar-refractivity contribution is -0.126. The van der Waals surface area contributed by atoms with Crippen molar-refractivity contribution in [2.24, 2.45) is 0 Å². The third-order valence-electron chi connectivity index (χ3n) is 7.05. The van der Waals surface area contributed by atoms with Gasteiger partial charge in [0.15, 0.2) is 0 Å². The summed E-state index contributed by atoms with van der Waals surface area (Å²) in [6.07, 6.45) is 1.56. The second-order valence-electron chi connectivity index (χ2n) is 10.6. The molecule has 0 aliphatic carbocycles. The van der Waals surface area contributed by atoms with Crippen LogP contribution in [-0.2, 0) is 22.6 Å². The number of benzene rings is 2. The molecule has 0 saturated heterocycles. The molecule has 2 heterocycles. The van der Waals surface area contributed by atoms with Gasteiger partial charge in [0.2, 0.25) is 11.8 Å². The highest BCUT2D eigenvalue weighted by Gasteiger charge is 2.29. The smallest absolute Gasteiger partial charge is 0.254 e. The van der Waals surface area contributed by atoms with Gasteiger partial charge in [-0.1, -0.05) is 18.2 Å². The Balaban J connectivity index is 1.54. The third kappa shape index (κ3) is 7.97. The first-order valence-electron chi connectivity index (χ1n) is 13.8. The number of nitrogens with zero attached hydrogens (tertiary/aromatic N) is 5. The van der Waals surface area contributed by atoms with E-state index in [0.717, 1.165) is 16.7 Å². The van der Waals surface area contributed by atoms with Crippen molar-refractivity contribution in [2.45, 2.75) is 58.3 Å². The van der Waals surface area contributed by atoms with Gasteiger partial charge in [0.1, 0.15) is 12.4 Å². The fourth-order valence-electron chi connectivity index (χ4n) is 4.75. The maximum absolute atomic E-state index is 13.5. The molecular formula is C29H36N8O5. The summed E-state index contributed by atoms with van der Waals surface area (Å²) in [5.74, 6) is -1.80. The van der Waals surface area contributed by atoms with E-state index in [4.69, 9.17) is 0 Å². The van der Waals surface area contributed by atoms with Gasteiger partial charge in [-0.2, -0.15) is 0 Å². The van der Waals surface area contributed by atoms with E-state index in [2.05, 4.69) is 31.5 Å². The molecule has 0 radical (unpaired) electrons. The van der Waals surface area contributed by atoms with Gasteiger partial charge >= 0.3 is 0 Å². The molecule has 0 fully saturated rings. The predicted octanol–water partition coefficient (Wildman–Crippen LogP) is 0.219. The minimum absolute atomic E-state index is 0.0187. The summed E-state index contributed by atoms with van der Waals surface area (Å²) >= 11 is 0. The number of aryl methyl sites for hydroxylation is 2. The Kier molecular flexibility index (Phi) is 9.97. The van der Waals surface area contributed by atoms with E-state index in [1.54, 1.807) is 48.0 Å². The maximum Gasteiger partial charge on any atom is 0.254 e. The van der Waals surface area contributed by atoms with Crippen LogP contribution in [0.15, 0.2) is 48.8 Å². The summed E-state index contributed by atoms with van der Waals surface area (Å²) in [6, 6.07) is 10.3. The minimum atomic E-state index is -1.22. The predicted molar refractivity (Wildman–Crippen MR) is 152 cm³/mol. The van der Waals surface area contributed by atoms with Gasteiger partial charge in [-0.25, -0.2) is 4.68 Å². The van der Waals surface area contributed by atoms with Gasteiger partial charge in [-0.15, -0.1) is 5.10 Å². The molecule has 1 aromatic heterocycles. The lowest BCUT2D eigenvalue weighted by atomic mass is 10.00. The first-order valence-corrected chi connectivity index (χ1v) is 13.8. The molecule has 0 unspecified atom stereocenters. The highest BCUT2D eigenvalue weighted by atomic mass is 16.3. The molecule has 0 saturated carbocycles. The van der Waals surface area contributed by atoms with E-state index in [0.29, 0.717) is 37.1 Å². The second-order valence-corrected chi connectivity index (χ2v) is 10.6. The van der Waals surface area contributed by atoms with E-state index in [-0.39, 0.29) is 24.9 Å². The number of hydrogen-bond acceptors (Lipinski definition) is 8. The molecule has 222 valence electrons. The number of nitrogens with one attached hydrogen (secondary N) is 3. The van der Waals surface area contributed by atoms with Gasteiger partial charge in [-0.3, -0.25) is 19.2 Å². The van der Waals surface area contributed by atoms with E-state index in [9.17, 15) is 24.3 Å². The van der Waals surface area contributed by atoms with Gasteiger partial charge in [0, 0.05) is 30.3 Å². The summed E-state index contributed by atoms with van der Waals surface area (Å²) in [7, 11) is 0. The van der Waals surface area contributed by atoms with Crippen molar-refractivity contribution in [3.05, 3.63) is 76.6 Å².